The maximum atomic E-state index is 12.5. The van der Waals surface area contributed by atoms with E-state index in [-0.39, 0.29) is 11.3 Å². The van der Waals surface area contributed by atoms with Gasteiger partial charge in [0.2, 0.25) is 5.91 Å². The number of anilines is 1. The Hall–Kier alpha value is -1.88. The number of aromatic nitrogens is 1. The third-order valence-corrected chi connectivity index (χ3v) is 4.50. The molecule has 20 heavy (non-hydrogen) atoms. The van der Waals surface area contributed by atoms with Crippen LogP contribution in [0.5, 0.6) is 5.75 Å². The summed E-state index contributed by atoms with van der Waals surface area (Å²) in [7, 11) is 1.64. The van der Waals surface area contributed by atoms with Crippen LogP contribution >= 0.6 is 11.3 Å². The van der Waals surface area contributed by atoms with Crippen LogP contribution in [0.1, 0.15) is 23.3 Å². The molecule has 1 aromatic carbocycles. The second-order valence-corrected chi connectivity index (χ2v) is 6.28. The number of nitrogens with zero attached hydrogens (tertiary/aromatic N) is 1. The van der Waals surface area contributed by atoms with E-state index in [1.165, 1.54) is 11.3 Å². The van der Waals surface area contributed by atoms with Crippen LogP contribution < -0.4 is 10.1 Å². The summed E-state index contributed by atoms with van der Waals surface area (Å²) in [5.41, 5.74) is 0.662. The standard InChI is InChI=1S/C15H16N2O2S/c1-10-9-16-14(20-10)17-13(18)15(7-8-15)11-3-5-12(19-2)6-4-11/h3-6,9H,7-8H2,1-2H3,(H,16,17,18). The minimum atomic E-state index is -0.383. The summed E-state index contributed by atoms with van der Waals surface area (Å²) in [6.45, 7) is 1.98. The number of thiazole rings is 1. The first-order chi connectivity index (χ1) is 9.64. The molecule has 0 spiro atoms. The summed E-state index contributed by atoms with van der Waals surface area (Å²) < 4.78 is 5.15. The Morgan fingerprint density at radius 2 is 2.05 bits per heavy atom. The van der Waals surface area contributed by atoms with Crippen LogP contribution in [0.2, 0.25) is 0 Å². The highest BCUT2D eigenvalue weighted by atomic mass is 32.1. The molecule has 0 radical (unpaired) electrons. The first-order valence-corrected chi connectivity index (χ1v) is 7.34. The molecule has 2 aromatic rings. The van der Waals surface area contributed by atoms with Crippen molar-refractivity contribution in [3.63, 3.8) is 0 Å². The van der Waals surface area contributed by atoms with Gasteiger partial charge in [0.15, 0.2) is 5.13 Å². The lowest BCUT2D eigenvalue weighted by Gasteiger charge is -2.15. The van der Waals surface area contributed by atoms with Gasteiger partial charge in [-0.2, -0.15) is 0 Å². The number of hydrogen-bond donors (Lipinski definition) is 1. The minimum absolute atomic E-state index is 0.0389. The molecule has 0 atom stereocenters. The zero-order valence-electron chi connectivity index (χ0n) is 11.5. The van der Waals surface area contributed by atoms with Gasteiger partial charge in [0.25, 0.3) is 0 Å². The van der Waals surface area contributed by atoms with E-state index in [4.69, 9.17) is 4.74 Å². The van der Waals surface area contributed by atoms with Crippen LogP contribution in [0.3, 0.4) is 0 Å². The maximum Gasteiger partial charge on any atom is 0.236 e. The highest BCUT2D eigenvalue weighted by Gasteiger charge is 2.51. The second kappa shape index (κ2) is 4.90. The molecular formula is C15H16N2O2S. The van der Waals surface area contributed by atoms with Crippen LogP contribution in [0.25, 0.3) is 0 Å². The Morgan fingerprint density at radius 3 is 2.55 bits per heavy atom. The number of nitrogens with one attached hydrogen (secondary N) is 1. The average Bonchev–Trinajstić information content (AvgIpc) is 3.18. The van der Waals surface area contributed by atoms with Crippen LogP contribution in [0.4, 0.5) is 5.13 Å². The van der Waals surface area contributed by atoms with E-state index in [2.05, 4.69) is 10.3 Å². The fraction of sp³-hybridized carbons (Fsp3) is 0.333. The zero-order chi connectivity index (χ0) is 14.2. The molecule has 0 bridgehead atoms. The van der Waals surface area contributed by atoms with E-state index in [9.17, 15) is 4.79 Å². The van der Waals surface area contributed by atoms with Crippen LogP contribution in [-0.4, -0.2) is 18.0 Å². The predicted octanol–water partition coefficient (Wildman–Crippen LogP) is 3.13. The first kappa shape index (κ1) is 13.1. The lowest BCUT2D eigenvalue weighted by Crippen LogP contribution is -2.27. The Bertz CT molecular complexity index is 630. The summed E-state index contributed by atoms with van der Waals surface area (Å²) in [4.78, 5) is 17.8. The van der Waals surface area contributed by atoms with E-state index in [0.717, 1.165) is 29.0 Å². The summed E-state index contributed by atoms with van der Waals surface area (Å²) in [6, 6.07) is 7.74. The molecule has 4 nitrogen and oxygen atoms in total. The van der Waals surface area contributed by atoms with Gasteiger partial charge in [0.1, 0.15) is 5.75 Å². The lowest BCUT2D eigenvalue weighted by molar-refractivity contribution is -0.118. The van der Waals surface area contributed by atoms with Gasteiger partial charge in [0, 0.05) is 11.1 Å². The molecule has 1 aliphatic carbocycles. The third-order valence-electron chi connectivity index (χ3n) is 3.67. The van der Waals surface area contributed by atoms with Gasteiger partial charge in [-0.15, -0.1) is 11.3 Å². The minimum Gasteiger partial charge on any atom is -0.497 e. The van der Waals surface area contributed by atoms with E-state index >= 15 is 0 Å². The number of aryl methyl sites for hydroxylation is 1. The predicted molar refractivity (Wildman–Crippen MR) is 79.4 cm³/mol. The summed E-state index contributed by atoms with van der Waals surface area (Å²) in [5, 5.41) is 3.60. The molecule has 1 saturated carbocycles. The molecule has 104 valence electrons. The quantitative estimate of drug-likeness (QED) is 0.940. The monoisotopic (exact) mass is 288 g/mol. The van der Waals surface area contributed by atoms with Gasteiger partial charge in [-0.05, 0) is 37.5 Å². The number of amides is 1. The molecule has 1 fully saturated rings. The number of benzene rings is 1. The highest BCUT2D eigenvalue weighted by molar-refractivity contribution is 7.15. The van der Waals surface area contributed by atoms with Crippen molar-refractivity contribution in [3.8, 4) is 5.75 Å². The Balaban J connectivity index is 1.79. The van der Waals surface area contributed by atoms with Gasteiger partial charge >= 0.3 is 0 Å². The van der Waals surface area contributed by atoms with Gasteiger partial charge in [0.05, 0.1) is 12.5 Å². The normalized spacial score (nSPS) is 15.7. The van der Waals surface area contributed by atoms with Gasteiger partial charge in [-0.1, -0.05) is 12.1 Å². The maximum absolute atomic E-state index is 12.5. The molecule has 0 saturated heterocycles. The molecule has 0 unspecified atom stereocenters. The number of carbonyl (C=O) groups excluding carboxylic acids is 1. The van der Waals surface area contributed by atoms with Crippen molar-refractivity contribution in [1.29, 1.82) is 0 Å². The second-order valence-electron chi connectivity index (χ2n) is 5.04. The van der Waals surface area contributed by atoms with Crippen molar-refractivity contribution < 1.29 is 9.53 Å². The Morgan fingerprint density at radius 1 is 1.35 bits per heavy atom. The molecule has 1 N–H and O–H groups in total. The van der Waals surface area contributed by atoms with Crippen molar-refractivity contribution in [2.45, 2.75) is 25.2 Å². The lowest BCUT2D eigenvalue weighted by atomic mass is 9.95. The number of hydrogen-bond acceptors (Lipinski definition) is 4. The van der Waals surface area contributed by atoms with Crippen molar-refractivity contribution in [1.82, 2.24) is 4.98 Å². The molecule has 1 aliphatic rings. The van der Waals surface area contributed by atoms with Crippen LogP contribution in [0.15, 0.2) is 30.5 Å². The molecule has 3 rings (SSSR count). The number of ether oxygens (including phenoxy) is 1. The number of methoxy groups -OCH3 is 1. The van der Waals surface area contributed by atoms with Crippen molar-refractivity contribution >= 4 is 22.4 Å². The molecular weight excluding hydrogens is 272 g/mol. The van der Waals surface area contributed by atoms with Crippen molar-refractivity contribution in [3.05, 3.63) is 40.9 Å². The summed E-state index contributed by atoms with van der Waals surface area (Å²) >= 11 is 1.50. The van der Waals surface area contributed by atoms with E-state index in [1.807, 2.05) is 31.2 Å². The average molecular weight is 288 g/mol. The van der Waals surface area contributed by atoms with Crippen molar-refractivity contribution in [2.75, 3.05) is 12.4 Å². The SMILES string of the molecule is COc1ccc(C2(C(=O)Nc3ncc(C)s3)CC2)cc1. The third kappa shape index (κ3) is 2.29. The van der Waals surface area contributed by atoms with Gasteiger partial charge < -0.3 is 10.1 Å². The van der Waals surface area contributed by atoms with E-state index < -0.39 is 0 Å². The van der Waals surface area contributed by atoms with Crippen molar-refractivity contribution in [2.24, 2.45) is 0 Å². The summed E-state index contributed by atoms with van der Waals surface area (Å²) in [6.07, 6.45) is 3.54. The number of rotatable bonds is 4. The molecule has 0 aliphatic heterocycles. The molecule has 1 amide bonds. The summed E-state index contributed by atoms with van der Waals surface area (Å²) in [5.74, 6) is 0.845. The fourth-order valence-corrected chi connectivity index (χ4v) is 2.97. The number of carbonyl (C=O) groups is 1. The largest absolute Gasteiger partial charge is 0.497 e. The highest BCUT2D eigenvalue weighted by Crippen LogP contribution is 2.49. The Labute approximate surface area is 121 Å². The Kier molecular flexibility index (Phi) is 3.22. The van der Waals surface area contributed by atoms with Gasteiger partial charge in [-0.3, -0.25) is 4.79 Å². The first-order valence-electron chi connectivity index (χ1n) is 6.52. The molecule has 1 aromatic heterocycles. The van der Waals surface area contributed by atoms with Crippen LogP contribution in [0, 0.1) is 6.92 Å². The van der Waals surface area contributed by atoms with Gasteiger partial charge in [-0.25, -0.2) is 4.98 Å². The zero-order valence-corrected chi connectivity index (χ0v) is 12.3. The fourth-order valence-electron chi connectivity index (χ4n) is 2.31. The topological polar surface area (TPSA) is 51.2 Å². The van der Waals surface area contributed by atoms with E-state index in [1.54, 1.807) is 13.3 Å². The molecule has 5 heteroatoms. The van der Waals surface area contributed by atoms with E-state index in [0.29, 0.717) is 5.13 Å². The van der Waals surface area contributed by atoms with Crippen LogP contribution in [-0.2, 0) is 10.2 Å². The smallest absolute Gasteiger partial charge is 0.236 e. The molecule has 1 heterocycles.